The van der Waals surface area contributed by atoms with Gasteiger partial charge in [0.05, 0.1) is 11.0 Å². The van der Waals surface area contributed by atoms with Crippen LogP contribution in [0.1, 0.15) is 48.3 Å². The molecular weight excluding hydrogens is 400 g/mol. The van der Waals surface area contributed by atoms with Crippen LogP contribution in [0.3, 0.4) is 0 Å². The van der Waals surface area contributed by atoms with Crippen molar-refractivity contribution in [1.82, 2.24) is 9.13 Å². The average Bonchev–Trinajstić information content (AvgIpc) is 3.02. The van der Waals surface area contributed by atoms with E-state index in [-0.39, 0.29) is 11.3 Å². The largest absolute Gasteiger partial charge is 0.381 e. The Morgan fingerprint density at radius 1 is 1.06 bits per heavy atom. The molecule has 1 fully saturated rings. The van der Waals surface area contributed by atoms with Crippen LogP contribution in [0.15, 0.2) is 35.1 Å². The SMILES string of the molecule is Cn1c(=O)n(C)c2c(C3CCOCC3)cc(N3CCCc4ccc(C(F)F)cc43)cc21. The molecule has 0 amide bonds. The first kappa shape index (κ1) is 20.2. The summed E-state index contributed by atoms with van der Waals surface area (Å²) in [5.74, 6) is 0.306. The minimum absolute atomic E-state index is 0.0449. The number of hydrogen-bond donors (Lipinski definition) is 0. The van der Waals surface area contributed by atoms with E-state index in [9.17, 15) is 13.6 Å². The predicted molar refractivity (Wildman–Crippen MR) is 118 cm³/mol. The van der Waals surface area contributed by atoms with Gasteiger partial charge in [-0.3, -0.25) is 9.13 Å². The fourth-order valence-electron chi connectivity index (χ4n) is 5.14. The molecule has 164 valence electrons. The zero-order valence-corrected chi connectivity index (χ0v) is 17.9. The zero-order chi connectivity index (χ0) is 21.7. The molecule has 0 N–H and O–H groups in total. The Labute approximate surface area is 179 Å². The van der Waals surface area contributed by atoms with E-state index in [0.29, 0.717) is 19.1 Å². The molecule has 0 unspecified atom stereocenters. The lowest BCUT2D eigenvalue weighted by atomic mass is 9.89. The van der Waals surface area contributed by atoms with Crippen LogP contribution < -0.4 is 10.6 Å². The van der Waals surface area contributed by atoms with E-state index in [1.54, 1.807) is 22.2 Å². The number of imidazole rings is 1. The highest BCUT2D eigenvalue weighted by Gasteiger charge is 2.26. The van der Waals surface area contributed by atoms with E-state index >= 15 is 0 Å². The molecule has 1 saturated heterocycles. The van der Waals surface area contributed by atoms with Crippen molar-refractivity contribution in [3.05, 3.63) is 57.5 Å². The molecule has 5 rings (SSSR count). The van der Waals surface area contributed by atoms with Crippen LogP contribution in [0.2, 0.25) is 0 Å². The van der Waals surface area contributed by atoms with Crippen LogP contribution in [-0.4, -0.2) is 28.9 Å². The number of benzene rings is 2. The second-order valence-electron chi connectivity index (χ2n) is 8.63. The minimum Gasteiger partial charge on any atom is -0.381 e. The molecule has 0 aliphatic carbocycles. The number of rotatable bonds is 3. The summed E-state index contributed by atoms with van der Waals surface area (Å²) in [7, 11) is 3.61. The fraction of sp³-hybridized carbons (Fsp3) is 0.458. The molecule has 0 saturated carbocycles. The Morgan fingerprint density at radius 3 is 2.58 bits per heavy atom. The van der Waals surface area contributed by atoms with Crippen LogP contribution in [0.5, 0.6) is 0 Å². The third-order valence-electron chi connectivity index (χ3n) is 6.83. The van der Waals surface area contributed by atoms with E-state index in [0.717, 1.165) is 65.8 Å². The van der Waals surface area contributed by atoms with Gasteiger partial charge in [-0.15, -0.1) is 0 Å². The lowest BCUT2D eigenvalue weighted by molar-refractivity contribution is 0.0855. The summed E-state index contributed by atoms with van der Waals surface area (Å²) in [6.07, 6.45) is 1.17. The molecular formula is C24H27F2N3O2. The predicted octanol–water partition coefficient (Wildman–Crippen LogP) is 4.79. The van der Waals surface area contributed by atoms with Crippen LogP contribution in [0, 0.1) is 0 Å². The summed E-state index contributed by atoms with van der Waals surface area (Å²) in [5.41, 5.74) is 5.87. The molecule has 2 aromatic carbocycles. The number of aromatic nitrogens is 2. The smallest absolute Gasteiger partial charge is 0.328 e. The Kier molecular flexibility index (Phi) is 5.08. The maximum Gasteiger partial charge on any atom is 0.328 e. The normalized spacial score (nSPS) is 17.5. The van der Waals surface area contributed by atoms with E-state index in [1.807, 2.05) is 19.2 Å². The molecule has 0 atom stereocenters. The number of halogens is 2. The van der Waals surface area contributed by atoms with Gasteiger partial charge in [-0.05, 0) is 60.9 Å². The molecule has 0 bridgehead atoms. The van der Waals surface area contributed by atoms with Gasteiger partial charge in [0.2, 0.25) is 0 Å². The van der Waals surface area contributed by atoms with E-state index in [1.165, 1.54) is 6.07 Å². The number of fused-ring (bicyclic) bond motifs is 2. The van der Waals surface area contributed by atoms with Crippen LogP contribution >= 0.6 is 0 Å². The summed E-state index contributed by atoms with van der Waals surface area (Å²) in [4.78, 5) is 14.9. The van der Waals surface area contributed by atoms with Crippen molar-refractivity contribution < 1.29 is 13.5 Å². The van der Waals surface area contributed by atoms with Gasteiger partial charge in [0.1, 0.15) is 0 Å². The van der Waals surface area contributed by atoms with Crippen molar-refractivity contribution >= 4 is 22.4 Å². The highest BCUT2D eigenvalue weighted by atomic mass is 19.3. The maximum absolute atomic E-state index is 13.4. The third kappa shape index (κ3) is 3.35. The molecule has 1 aromatic heterocycles. The second-order valence-corrected chi connectivity index (χ2v) is 8.63. The van der Waals surface area contributed by atoms with Crippen molar-refractivity contribution in [3.8, 4) is 0 Å². The van der Waals surface area contributed by atoms with Crippen LogP contribution in [0.25, 0.3) is 11.0 Å². The minimum atomic E-state index is -2.50. The highest BCUT2D eigenvalue weighted by Crippen LogP contribution is 2.40. The van der Waals surface area contributed by atoms with Crippen LogP contribution in [-0.2, 0) is 25.3 Å². The van der Waals surface area contributed by atoms with Crippen molar-refractivity contribution in [2.75, 3.05) is 24.7 Å². The van der Waals surface area contributed by atoms with Crippen molar-refractivity contribution in [1.29, 1.82) is 0 Å². The van der Waals surface area contributed by atoms with Gasteiger partial charge in [-0.1, -0.05) is 12.1 Å². The highest BCUT2D eigenvalue weighted by molar-refractivity contribution is 5.86. The van der Waals surface area contributed by atoms with Gasteiger partial charge in [0.25, 0.3) is 6.43 Å². The molecule has 3 heterocycles. The molecule has 3 aromatic rings. The monoisotopic (exact) mass is 427 g/mol. The summed E-state index contributed by atoms with van der Waals surface area (Å²) in [6, 6.07) is 9.19. The Morgan fingerprint density at radius 2 is 1.84 bits per heavy atom. The standard InChI is InChI=1S/C24H27F2N3O2/c1-27-21-14-18(29-9-3-4-16-5-6-17(23(25)26)12-20(16)29)13-19(15-7-10-31-11-8-15)22(21)28(2)24(27)30/h5-6,12-15,23H,3-4,7-11H2,1-2H3. The number of aryl methyl sites for hydroxylation is 3. The molecule has 2 aliphatic heterocycles. The summed E-state index contributed by atoms with van der Waals surface area (Å²) < 4.78 is 35.8. The lowest BCUT2D eigenvalue weighted by Gasteiger charge is -2.33. The van der Waals surface area contributed by atoms with Crippen molar-refractivity contribution in [2.45, 2.75) is 38.0 Å². The summed E-state index contributed by atoms with van der Waals surface area (Å²) in [5, 5.41) is 0. The first-order valence-electron chi connectivity index (χ1n) is 10.9. The van der Waals surface area contributed by atoms with Gasteiger partial charge in [-0.2, -0.15) is 0 Å². The van der Waals surface area contributed by atoms with Gasteiger partial charge in [-0.25, -0.2) is 13.6 Å². The fourth-order valence-corrected chi connectivity index (χ4v) is 5.14. The van der Waals surface area contributed by atoms with E-state index in [4.69, 9.17) is 4.74 Å². The van der Waals surface area contributed by atoms with Crippen LogP contribution in [0.4, 0.5) is 20.2 Å². The molecule has 7 heteroatoms. The third-order valence-corrected chi connectivity index (χ3v) is 6.83. The zero-order valence-electron chi connectivity index (χ0n) is 17.9. The summed E-state index contributed by atoms with van der Waals surface area (Å²) in [6.45, 7) is 2.18. The maximum atomic E-state index is 13.4. The Hall–Kier alpha value is -2.67. The van der Waals surface area contributed by atoms with Gasteiger partial charge in [0, 0.05) is 50.8 Å². The first-order chi connectivity index (χ1) is 15.0. The average molecular weight is 427 g/mol. The first-order valence-corrected chi connectivity index (χ1v) is 10.9. The summed E-state index contributed by atoms with van der Waals surface area (Å²) >= 11 is 0. The Balaban J connectivity index is 1.71. The van der Waals surface area contributed by atoms with Gasteiger partial charge in [0.15, 0.2) is 0 Å². The van der Waals surface area contributed by atoms with Crippen molar-refractivity contribution in [2.24, 2.45) is 14.1 Å². The van der Waals surface area contributed by atoms with Gasteiger partial charge >= 0.3 is 5.69 Å². The van der Waals surface area contributed by atoms with Crippen molar-refractivity contribution in [3.63, 3.8) is 0 Å². The number of hydrogen-bond acceptors (Lipinski definition) is 3. The number of nitrogens with zero attached hydrogens (tertiary/aromatic N) is 3. The second kappa shape index (κ2) is 7.79. The topological polar surface area (TPSA) is 39.4 Å². The van der Waals surface area contributed by atoms with E-state index in [2.05, 4.69) is 11.0 Å². The number of ether oxygens (including phenoxy) is 1. The Bertz CT molecular complexity index is 1190. The molecule has 2 aliphatic rings. The molecule has 0 spiro atoms. The van der Waals surface area contributed by atoms with E-state index < -0.39 is 6.43 Å². The molecule has 31 heavy (non-hydrogen) atoms. The quantitative estimate of drug-likeness (QED) is 0.603. The van der Waals surface area contributed by atoms with Gasteiger partial charge < -0.3 is 9.64 Å². The number of anilines is 2. The lowest BCUT2D eigenvalue weighted by Crippen LogP contribution is -2.25. The molecule has 5 nitrogen and oxygen atoms in total. The molecule has 0 radical (unpaired) electrons. The number of alkyl halides is 2.